The molecule has 0 aromatic heterocycles. The molecular formula is C14H17BrF2O2. The van der Waals surface area contributed by atoms with Crippen molar-refractivity contribution in [2.75, 3.05) is 25.2 Å². The molecule has 5 heteroatoms. The maximum Gasteiger partial charge on any atom is 0.200 e. The summed E-state index contributed by atoms with van der Waals surface area (Å²) in [6.07, 6.45) is 2.23. The fourth-order valence-corrected chi connectivity index (χ4v) is 2.45. The fourth-order valence-electron chi connectivity index (χ4n) is 2.22. The van der Waals surface area contributed by atoms with E-state index in [0.29, 0.717) is 25.4 Å². The number of hydrogen-bond acceptors (Lipinski definition) is 2. The molecule has 0 unspecified atom stereocenters. The van der Waals surface area contributed by atoms with Crippen LogP contribution >= 0.6 is 15.9 Å². The number of halogens is 3. The second-order valence-electron chi connectivity index (χ2n) is 4.56. The molecule has 2 nitrogen and oxygen atoms in total. The summed E-state index contributed by atoms with van der Waals surface area (Å²) in [5.74, 6) is -1.61. The van der Waals surface area contributed by atoms with Crippen LogP contribution < -0.4 is 4.74 Å². The third-order valence-corrected chi connectivity index (χ3v) is 3.83. The second kappa shape index (κ2) is 7.20. The molecule has 1 fully saturated rings. The summed E-state index contributed by atoms with van der Waals surface area (Å²) in [6, 6.07) is 3.16. The van der Waals surface area contributed by atoms with Crippen LogP contribution in [-0.2, 0) is 4.74 Å². The maximum absolute atomic E-state index is 14.1. The van der Waals surface area contributed by atoms with Crippen molar-refractivity contribution in [1.29, 1.82) is 0 Å². The van der Waals surface area contributed by atoms with Gasteiger partial charge in [0.05, 0.1) is 6.61 Å². The van der Waals surface area contributed by atoms with Crippen LogP contribution in [0.1, 0.15) is 30.7 Å². The highest BCUT2D eigenvalue weighted by atomic mass is 79.9. The average molecular weight is 335 g/mol. The molecule has 1 heterocycles. The zero-order valence-corrected chi connectivity index (χ0v) is 12.2. The number of hydrogen-bond donors (Lipinski definition) is 0. The summed E-state index contributed by atoms with van der Waals surface area (Å²) in [7, 11) is 0. The van der Waals surface area contributed by atoms with E-state index >= 15 is 0 Å². The molecule has 1 aromatic carbocycles. The average Bonchev–Trinajstić information content (AvgIpc) is 2.45. The third kappa shape index (κ3) is 3.66. The summed E-state index contributed by atoms with van der Waals surface area (Å²) in [4.78, 5) is 0. The molecule has 0 spiro atoms. The topological polar surface area (TPSA) is 18.5 Å². The summed E-state index contributed by atoms with van der Waals surface area (Å²) < 4.78 is 38.4. The predicted molar refractivity (Wildman–Crippen MR) is 73.1 cm³/mol. The van der Waals surface area contributed by atoms with Crippen molar-refractivity contribution in [3.8, 4) is 5.75 Å². The van der Waals surface area contributed by atoms with E-state index < -0.39 is 11.6 Å². The zero-order chi connectivity index (χ0) is 13.7. The molecule has 2 rings (SSSR count). The van der Waals surface area contributed by atoms with Gasteiger partial charge in [0.2, 0.25) is 5.82 Å². The van der Waals surface area contributed by atoms with Gasteiger partial charge >= 0.3 is 0 Å². The van der Waals surface area contributed by atoms with Gasteiger partial charge in [-0.1, -0.05) is 22.0 Å². The Hall–Kier alpha value is -0.680. The highest BCUT2D eigenvalue weighted by Gasteiger charge is 2.23. The SMILES string of the molecule is Fc1c(OCCCBr)ccc(C2CCOCC2)c1F. The van der Waals surface area contributed by atoms with Crippen LogP contribution in [0.25, 0.3) is 0 Å². The van der Waals surface area contributed by atoms with Gasteiger partial charge in [-0.05, 0) is 36.8 Å². The smallest absolute Gasteiger partial charge is 0.200 e. The van der Waals surface area contributed by atoms with Crippen molar-refractivity contribution in [2.24, 2.45) is 0 Å². The molecule has 1 aliphatic heterocycles. The van der Waals surface area contributed by atoms with E-state index in [1.807, 2.05) is 0 Å². The lowest BCUT2D eigenvalue weighted by Crippen LogP contribution is -2.16. The Morgan fingerprint density at radius 2 is 1.95 bits per heavy atom. The molecule has 0 aliphatic carbocycles. The van der Waals surface area contributed by atoms with Gasteiger partial charge in [-0.15, -0.1) is 0 Å². The first-order valence-corrected chi connectivity index (χ1v) is 7.60. The van der Waals surface area contributed by atoms with E-state index in [-0.39, 0.29) is 11.7 Å². The molecule has 1 saturated heterocycles. The van der Waals surface area contributed by atoms with Crippen LogP contribution in [0.15, 0.2) is 12.1 Å². The lowest BCUT2D eigenvalue weighted by Gasteiger charge is -2.23. The molecule has 0 N–H and O–H groups in total. The van der Waals surface area contributed by atoms with Crippen LogP contribution in [0.3, 0.4) is 0 Å². The van der Waals surface area contributed by atoms with E-state index in [1.165, 1.54) is 6.07 Å². The molecule has 19 heavy (non-hydrogen) atoms. The van der Waals surface area contributed by atoms with Crippen LogP contribution in [0.5, 0.6) is 5.75 Å². The summed E-state index contributed by atoms with van der Waals surface area (Å²) in [5.41, 5.74) is 0.439. The summed E-state index contributed by atoms with van der Waals surface area (Å²) >= 11 is 3.26. The number of alkyl halides is 1. The molecule has 0 bridgehead atoms. The molecule has 1 aromatic rings. The first-order valence-electron chi connectivity index (χ1n) is 6.48. The Morgan fingerprint density at radius 1 is 1.21 bits per heavy atom. The normalized spacial score (nSPS) is 16.6. The zero-order valence-electron chi connectivity index (χ0n) is 10.6. The molecule has 1 aliphatic rings. The number of rotatable bonds is 5. The van der Waals surface area contributed by atoms with Crippen LogP contribution in [0.4, 0.5) is 8.78 Å². The first kappa shape index (κ1) is 14.7. The highest BCUT2D eigenvalue weighted by Crippen LogP contribution is 2.32. The van der Waals surface area contributed by atoms with E-state index in [9.17, 15) is 8.78 Å². The van der Waals surface area contributed by atoms with Crippen LogP contribution in [0, 0.1) is 11.6 Å². The Morgan fingerprint density at radius 3 is 2.63 bits per heavy atom. The van der Waals surface area contributed by atoms with E-state index in [2.05, 4.69) is 15.9 Å². The van der Waals surface area contributed by atoms with E-state index in [0.717, 1.165) is 24.6 Å². The van der Waals surface area contributed by atoms with Crippen molar-refractivity contribution in [3.05, 3.63) is 29.3 Å². The third-order valence-electron chi connectivity index (χ3n) is 3.27. The Labute approximate surface area is 120 Å². The van der Waals surface area contributed by atoms with E-state index in [4.69, 9.17) is 9.47 Å². The fraction of sp³-hybridized carbons (Fsp3) is 0.571. The van der Waals surface area contributed by atoms with Gasteiger partial charge in [-0.3, -0.25) is 0 Å². The first-order chi connectivity index (χ1) is 9.24. The molecular weight excluding hydrogens is 318 g/mol. The van der Waals surface area contributed by atoms with Crippen molar-refractivity contribution in [3.63, 3.8) is 0 Å². The second-order valence-corrected chi connectivity index (χ2v) is 5.35. The quantitative estimate of drug-likeness (QED) is 0.598. The van der Waals surface area contributed by atoms with Gasteiger partial charge in [0, 0.05) is 18.5 Å². The largest absolute Gasteiger partial charge is 0.490 e. The highest BCUT2D eigenvalue weighted by molar-refractivity contribution is 9.09. The Balaban J connectivity index is 2.11. The molecule has 0 radical (unpaired) electrons. The minimum Gasteiger partial charge on any atom is -0.490 e. The van der Waals surface area contributed by atoms with E-state index in [1.54, 1.807) is 6.07 Å². The van der Waals surface area contributed by atoms with Gasteiger partial charge in [0.25, 0.3) is 0 Å². The van der Waals surface area contributed by atoms with Gasteiger partial charge < -0.3 is 9.47 Å². The summed E-state index contributed by atoms with van der Waals surface area (Å²) in [5, 5.41) is 0.775. The molecule has 0 atom stereocenters. The Kier molecular flexibility index (Phi) is 5.58. The van der Waals surface area contributed by atoms with Crippen molar-refractivity contribution >= 4 is 15.9 Å². The molecule has 0 saturated carbocycles. The van der Waals surface area contributed by atoms with Crippen LogP contribution in [0.2, 0.25) is 0 Å². The Bertz CT molecular complexity index is 420. The van der Waals surface area contributed by atoms with Gasteiger partial charge in [0.15, 0.2) is 11.6 Å². The number of ether oxygens (including phenoxy) is 2. The van der Waals surface area contributed by atoms with Crippen molar-refractivity contribution in [2.45, 2.75) is 25.2 Å². The van der Waals surface area contributed by atoms with Crippen molar-refractivity contribution < 1.29 is 18.3 Å². The lowest BCUT2D eigenvalue weighted by atomic mass is 9.91. The minimum absolute atomic E-state index is 0.00532. The van der Waals surface area contributed by atoms with Crippen LogP contribution in [-0.4, -0.2) is 25.2 Å². The number of benzene rings is 1. The maximum atomic E-state index is 14.1. The van der Waals surface area contributed by atoms with Crippen molar-refractivity contribution in [1.82, 2.24) is 0 Å². The van der Waals surface area contributed by atoms with Gasteiger partial charge in [0.1, 0.15) is 0 Å². The van der Waals surface area contributed by atoms with Gasteiger partial charge in [-0.25, -0.2) is 4.39 Å². The van der Waals surface area contributed by atoms with Gasteiger partial charge in [-0.2, -0.15) is 4.39 Å². The molecule has 106 valence electrons. The lowest BCUT2D eigenvalue weighted by molar-refractivity contribution is 0.0844. The standard InChI is InChI=1S/C14H17BrF2O2/c15-6-1-7-19-12-3-2-11(13(16)14(12)17)10-4-8-18-9-5-10/h2-3,10H,1,4-9H2. The summed E-state index contributed by atoms with van der Waals surface area (Å²) in [6.45, 7) is 1.59. The minimum atomic E-state index is -0.876. The molecule has 0 amide bonds. The monoisotopic (exact) mass is 334 g/mol. The predicted octanol–water partition coefficient (Wildman–Crippen LogP) is 4.02.